The normalized spacial score (nSPS) is 10.9. The van der Waals surface area contributed by atoms with Gasteiger partial charge in [0.2, 0.25) is 0 Å². The van der Waals surface area contributed by atoms with E-state index in [-0.39, 0.29) is 10.6 Å². The number of hydrogen-bond acceptors (Lipinski definition) is 3. The second-order valence-corrected chi connectivity index (χ2v) is 5.25. The molecule has 3 aromatic rings. The minimum absolute atomic E-state index is 0.0650. The predicted octanol–water partition coefficient (Wildman–Crippen LogP) is 4.25. The number of fused-ring (bicyclic) bond motifs is 1. The van der Waals surface area contributed by atoms with E-state index in [0.717, 1.165) is 34.7 Å². The van der Waals surface area contributed by atoms with E-state index < -0.39 is 11.6 Å². The Morgan fingerprint density at radius 2 is 1.70 bits per heavy atom. The number of anilines is 1. The lowest BCUT2D eigenvalue weighted by Crippen LogP contribution is -1.94. The van der Waals surface area contributed by atoms with E-state index in [9.17, 15) is 8.78 Å². The summed E-state index contributed by atoms with van der Waals surface area (Å²) >= 11 is 0.962. The van der Waals surface area contributed by atoms with Gasteiger partial charge >= 0.3 is 0 Å². The first-order valence-electron chi connectivity index (χ1n) is 5.91. The van der Waals surface area contributed by atoms with Crippen LogP contribution < -0.4 is 5.73 Å². The maximum atomic E-state index is 13.8. The first kappa shape index (κ1) is 12.9. The Morgan fingerprint density at radius 1 is 1.00 bits per heavy atom. The highest BCUT2D eigenvalue weighted by atomic mass is 32.2. The van der Waals surface area contributed by atoms with Crippen molar-refractivity contribution in [2.45, 2.75) is 9.92 Å². The lowest BCUT2D eigenvalue weighted by Gasteiger charge is -2.07. The molecule has 0 saturated carbocycles. The molecule has 2 aromatic carbocycles. The van der Waals surface area contributed by atoms with Crippen molar-refractivity contribution in [2.24, 2.45) is 0 Å². The van der Waals surface area contributed by atoms with Gasteiger partial charge in [-0.2, -0.15) is 0 Å². The summed E-state index contributed by atoms with van der Waals surface area (Å²) in [7, 11) is 0. The molecule has 0 saturated heterocycles. The highest BCUT2D eigenvalue weighted by molar-refractivity contribution is 7.99. The fourth-order valence-electron chi connectivity index (χ4n) is 1.95. The highest BCUT2D eigenvalue weighted by Crippen LogP contribution is 2.35. The summed E-state index contributed by atoms with van der Waals surface area (Å²) in [6.07, 6.45) is 1.62. The molecule has 0 bridgehead atoms. The summed E-state index contributed by atoms with van der Waals surface area (Å²) in [6.45, 7) is 0. The van der Waals surface area contributed by atoms with Crippen molar-refractivity contribution in [3.05, 3.63) is 60.3 Å². The number of rotatable bonds is 2. The lowest BCUT2D eigenvalue weighted by molar-refractivity contribution is 0.541. The van der Waals surface area contributed by atoms with E-state index in [4.69, 9.17) is 5.73 Å². The van der Waals surface area contributed by atoms with Crippen LogP contribution in [0.1, 0.15) is 0 Å². The second-order valence-electron chi connectivity index (χ2n) is 4.25. The molecule has 2 nitrogen and oxygen atoms in total. The van der Waals surface area contributed by atoms with Crippen LogP contribution in [0.4, 0.5) is 14.5 Å². The zero-order chi connectivity index (χ0) is 14.1. The third-order valence-electron chi connectivity index (χ3n) is 2.86. The number of halogens is 2. The van der Waals surface area contributed by atoms with Gasteiger partial charge in [0.05, 0.1) is 4.90 Å². The van der Waals surface area contributed by atoms with Gasteiger partial charge in [-0.25, -0.2) is 13.8 Å². The molecular formula is C15H10F2N2S. The van der Waals surface area contributed by atoms with Gasteiger partial charge in [0.1, 0.15) is 16.7 Å². The fraction of sp³-hybridized carbons (Fsp3) is 0. The van der Waals surface area contributed by atoms with Crippen molar-refractivity contribution in [2.75, 3.05) is 5.73 Å². The molecule has 100 valence electrons. The number of nitrogens with zero attached hydrogens (tertiary/aromatic N) is 1. The summed E-state index contributed by atoms with van der Waals surface area (Å²) < 4.78 is 27.7. The van der Waals surface area contributed by atoms with Gasteiger partial charge in [-0.3, -0.25) is 0 Å². The highest BCUT2D eigenvalue weighted by Gasteiger charge is 2.14. The van der Waals surface area contributed by atoms with E-state index in [1.165, 1.54) is 0 Å². The zero-order valence-electron chi connectivity index (χ0n) is 10.3. The maximum absolute atomic E-state index is 13.8. The number of pyridine rings is 1. The van der Waals surface area contributed by atoms with Crippen molar-refractivity contribution in [1.29, 1.82) is 0 Å². The Kier molecular flexibility index (Phi) is 3.28. The quantitative estimate of drug-likeness (QED) is 0.717. The molecule has 0 amide bonds. The molecule has 0 aliphatic carbocycles. The van der Waals surface area contributed by atoms with Crippen LogP contribution in [-0.2, 0) is 0 Å². The third-order valence-corrected chi connectivity index (χ3v) is 3.97. The van der Waals surface area contributed by atoms with E-state index in [0.29, 0.717) is 5.03 Å². The summed E-state index contributed by atoms with van der Waals surface area (Å²) in [5.41, 5.74) is 5.47. The SMILES string of the molecule is Nc1cc(F)c(Sc2nccc3ccccc23)c(F)c1. The standard InChI is InChI=1S/C15H10F2N2S/c16-12-7-10(18)8-13(17)14(12)20-15-11-4-2-1-3-9(11)5-6-19-15/h1-8H,18H2. The van der Waals surface area contributed by atoms with E-state index in [2.05, 4.69) is 4.98 Å². The molecule has 1 heterocycles. The van der Waals surface area contributed by atoms with Gasteiger partial charge in [0.25, 0.3) is 0 Å². The van der Waals surface area contributed by atoms with E-state index in [1.54, 1.807) is 6.20 Å². The van der Waals surface area contributed by atoms with Gasteiger partial charge in [0.15, 0.2) is 0 Å². The number of nitrogens with two attached hydrogens (primary N) is 1. The fourth-order valence-corrected chi connectivity index (χ4v) is 2.86. The molecule has 1 aromatic heterocycles. The molecule has 0 atom stereocenters. The smallest absolute Gasteiger partial charge is 0.142 e. The number of nitrogen functional groups attached to an aromatic ring is 1. The average molecular weight is 288 g/mol. The van der Waals surface area contributed by atoms with Crippen molar-refractivity contribution in [3.63, 3.8) is 0 Å². The molecule has 0 unspecified atom stereocenters. The summed E-state index contributed by atoms with van der Waals surface area (Å²) in [5, 5.41) is 2.39. The summed E-state index contributed by atoms with van der Waals surface area (Å²) in [5.74, 6) is -1.36. The minimum atomic E-state index is -0.678. The molecule has 3 rings (SSSR count). The van der Waals surface area contributed by atoms with Crippen LogP contribution in [0.25, 0.3) is 10.8 Å². The van der Waals surface area contributed by atoms with Crippen LogP contribution in [0.3, 0.4) is 0 Å². The lowest BCUT2D eigenvalue weighted by atomic mass is 10.2. The Hall–Kier alpha value is -2.14. The average Bonchev–Trinajstić information content (AvgIpc) is 2.43. The molecule has 0 aliphatic heterocycles. The molecule has 0 radical (unpaired) electrons. The maximum Gasteiger partial charge on any atom is 0.142 e. The Morgan fingerprint density at radius 3 is 2.45 bits per heavy atom. The Balaban J connectivity index is 2.10. The van der Waals surface area contributed by atoms with E-state index >= 15 is 0 Å². The van der Waals surface area contributed by atoms with Crippen LogP contribution in [-0.4, -0.2) is 4.98 Å². The van der Waals surface area contributed by atoms with E-state index in [1.807, 2.05) is 30.3 Å². The van der Waals surface area contributed by atoms with Crippen molar-refractivity contribution < 1.29 is 8.78 Å². The third kappa shape index (κ3) is 2.32. The van der Waals surface area contributed by atoms with Crippen LogP contribution >= 0.6 is 11.8 Å². The predicted molar refractivity (Wildman–Crippen MR) is 76.6 cm³/mol. The largest absolute Gasteiger partial charge is 0.399 e. The zero-order valence-corrected chi connectivity index (χ0v) is 11.1. The molecular weight excluding hydrogens is 278 g/mol. The van der Waals surface area contributed by atoms with Gasteiger partial charge in [-0.05, 0) is 23.6 Å². The number of benzene rings is 2. The van der Waals surface area contributed by atoms with Crippen molar-refractivity contribution in [3.8, 4) is 0 Å². The van der Waals surface area contributed by atoms with Crippen LogP contribution in [0, 0.1) is 11.6 Å². The van der Waals surface area contributed by atoms with Crippen LogP contribution in [0.15, 0.2) is 58.6 Å². The van der Waals surface area contributed by atoms with Crippen molar-refractivity contribution in [1.82, 2.24) is 4.98 Å². The van der Waals surface area contributed by atoms with Crippen LogP contribution in [0.2, 0.25) is 0 Å². The van der Waals surface area contributed by atoms with Gasteiger partial charge < -0.3 is 5.73 Å². The monoisotopic (exact) mass is 288 g/mol. The minimum Gasteiger partial charge on any atom is -0.399 e. The van der Waals surface area contributed by atoms with Gasteiger partial charge in [-0.1, -0.05) is 36.0 Å². The topological polar surface area (TPSA) is 38.9 Å². The molecule has 5 heteroatoms. The van der Waals surface area contributed by atoms with Gasteiger partial charge in [-0.15, -0.1) is 0 Å². The Bertz CT molecular complexity index is 761. The van der Waals surface area contributed by atoms with Crippen molar-refractivity contribution >= 4 is 28.2 Å². The molecule has 20 heavy (non-hydrogen) atoms. The van der Waals surface area contributed by atoms with Crippen LogP contribution in [0.5, 0.6) is 0 Å². The first-order chi connectivity index (χ1) is 9.65. The number of aromatic nitrogens is 1. The summed E-state index contributed by atoms with van der Waals surface area (Å²) in [6, 6.07) is 11.6. The second kappa shape index (κ2) is 5.09. The molecule has 0 aliphatic rings. The first-order valence-corrected chi connectivity index (χ1v) is 6.73. The Labute approximate surface area is 118 Å². The number of hydrogen-bond donors (Lipinski definition) is 1. The molecule has 0 spiro atoms. The molecule has 0 fully saturated rings. The van der Waals surface area contributed by atoms with Gasteiger partial charge in [0, 0.05) is 17.3 Å². The summed E-state index contributed by atoms with van der Waals surface area (Å²) in [4.78, 5) is 4.11. The molecule has 2 N–H and O–H groups in total.